The molecule has 1 saturated carbocycles. The molecule has 1 amide bonds. The summed E-state index contributed by atoms with van der Waals surface area (Å²) in [6.45, 7) is 1.95. The van der Waals surface area contributed by atoms with E-state index >= 15 is 0 Å². The first-order valence-corrected chi connectivity index (χ1v) is 9.70. The predicted molar refractivity (Wildman–Crippen MR) is 102 cm³/mol. The smallest absolute Gasteiger partial charge is 0.284 e. The number of aryl methyl sites for hydroxylation is 1. The number of aromatic nitrogens is 5. The van der Waals surface area contributed by atoms with Gasteiger partial charge in [0.1, 0.15) is 11.4 Å². The van der Waals surface area contributed by atoms with Crippen molar-refractivity contribution in [3.05, 3.63) is 35.9 Å². The lowest BCUT2D eigenvalue weighted by molar-refractivity contribution is 0.102. The zero-order valence-electron chi connectivity index (χ0n) is 15.9. The van der Waals surface area contributed by atoms with Crippen molar-refractivity contribution in [1.82, 2.24) is 24.4 Å². The average Bonchev–Trinajstić information content (AvgIpc) is 3.25. The molecule has 1 aliphatic heterocycles. The number of alkyl halides is 2. The quantitative estimate of drug-likeness (QED) is 0.687. The Morgan fingerprint density at radius 2 is 2.10 bits per heavy atom. The summed E-state index contributed by atoms with van der Waals surface area (Å²) >= 11 is 0. The maximum absolute atomic E-state index is 13.1. The third kappa shape index (κ3) is 3.43. The maximum Gasteiger partial charge on any atom is 0.284 e. The molecule has 3 aromatic rings. The first-order chi connectivity index (χ1) is 14.0. The third-order valence-corrected chi connectivity index (χ3v) is 5.56. The van der Waals surface area contributed by atoms with Gasteiger partial charge in [-0.3, -0.25) is 9.48 Å². The molecule has 152 valence electrons. The molecule has 2 fully saturated rings. The summed E-state index contributed by atoms with van der Waals surface area (Å²) in [5.41, 5.74) is 0.140. The van der Waals surface area contributed by atoms with Crippen LogP contribution in [0.5, 0.6) is 0 Å². The van der Waals surface area contributed by atoms with Gasteiger partial charge in [-0.05, 0) is 24.3 Å². The summed E-state index contributed by atoms with van der Waals surface area (Å²) in [6, 6.07) is 1.88. The molecule has 0 bridgehead atoms. The van der Waals surface area contributed by atoms with E-state index in [4.69, 9.17) is 0 Å². The van der Waals surface area contributed by atoms with Gasteiger partial charge in [0, 0.05) is 32.5 Å². The Hall–Kier alpha value is -3.04. The number of nitrogens with zero attached hydrogens (tertiary/aromatic N) is 6. The van der Waals surface area contributed by atoms with Crippen molar-refractivity contribution in [2.45, 2.75) is 25.7 Å². The van der Waals surface area contributed by atoms with Crippen molar-refractivity contribution >= 4 is 23.1 Å². The number of fused-ring (bicyclic) bond motifs is 1. The van der Waals surface area contributed by atoms with Gasteiger partial charge < -0.3 is 10.2 Å². The van der Waals surface area contributed by atoms with E-state index in [-0.39, 0.29) is 11.3 Å². The Morgan fingerprint density at radius 3 is 2.83 bits per heavy atom. The van der Waals surface area contributed by atoms with E-state index in [0.29, 0.717) is 11.6 Å². The van der Waals surface area contributed by atoms with Crippen LogP contribution in [0.15, 0.2) is 24.7 Å². The van der Waals surface area contributed by atoms with Gasteiger partial charge in [0.05, 0.1) is 11.9 Å². The van der Waals surface area contributed by atoms with Gasteiger partial charge in [-0.15, -0.1) is 0 Å². The highest BCUT2D eigenvalue weighted by atomic mass is 19.3. The van der Waals surface area contributed by atoms with Crippen LogP contribution in [0.25, 0.3) is 5.65 Å². The molecule has 1 saturated heterocycles. The first-order valence-electron chi connectivity index (χ1n) is 9.70. The number of carbonyl (C=O) groups is 1. The van der Waals surface area contributed by atoms with Crippen LogP contribution in [0.2, 0.25) is 0 Å². The van der Waals surface area contributed by atoms with E-state index in [1.54, 1.807) is 6.20 Å². The Bertz CT molecular complexity index is 1070. The zero-order chi connectivity index (χ0) is 20.1. The van der Waals surface area contributed by atoms with Crippen LogP contribution < -0.4 is 10.2 Å². The van der Waals surface area contributed by atoms with Crippen molar-refractivity contribution in [2.75, 3.05) is 23.3 Å². The number of carbonyl (C=O) groups excluding carboxylic acids is 1. The van der Waals surface area contributed by atoms with Crippen LogP contribution in [0.4, 0.5) is 20.3 Å². The van der Waals surface area contributed by atoms with Crippen LogP contribution in [-0.2, 0) is 7.05 Å². The molecular weight excluding hydrogens is 380 g/mol. The summed E-state index contributed by atoms with van der Waals surface area (Å²) in [5.74, 6) is 1.88. The molecule has 5 rings (SSSR count). The summed E-state index contributed by atoms with van der Waals surface area (Å²) in [5, 5.41) is 10.4. The van der Waals surface area contributed by atoms with Crippen LogP contribution in [0.1, 0.15) is 41.7 Å². The summed E-state index contributed by atoms with van der Waals surface area (Å²) in [4.78, 5) is 19.5. The number of amides is 1. The normalized spacial score (nSPS) is 17.2. The third-order valence-electron chi connectivity index (χ3n) is 5.56. The minimum atomic E-state index is -2.78. The van der Waals surface area contributed by atoms with E-state index in [1.807, 2.05) is 6.07 Å². The standard InChI is InChI=1S/C19H21F2N7O/c1-26-10-14(16(25-26)17(20)21)23-19(29)13-7-22-28-5-4-15(24-18(13)28)27-8-12(9-27)6-11-2-3-11/h4-5,7,10-12,17H,2-3,6,8-9H2,1H3,(H,23,29). The topological polar surface area (TPSA) is 80.4 Å². The molecule has 3 aromatic heterocycles. The molecule has 0 radical (unpaired) electrons. The second-order valence-electron chi connectivity index (χ2n) is 7.92. The fourth-order valence-electron chi connectivity index (χ4n) is 3.88. The van der Waals surface area contributed by atoms with Crippen LogP contribution >= 0.6 is 0 Å². The highest BCUT2D eigenvalue weighted by molar-refractivity contribution is 6.08. The Balaban J connectivity index is 1.35. The lowest BCUT2D eigenvalue weighted by Crippen LogP contribution is -2.47. The summed E-state index contributed by atoms with van der Waals surface area (Å²) in [7, 11) is 1.52. The largest absolute Gasteiger partial charge is 0.356 e. The van der Waals surface area contributed by atoms with Crippen LogP contribution in [0, 0.1) is 11.8 Å². The number of hydrogen-bond donors (Lipinski definition) is 1. The molecular formula is C19H21F2N7O. The molecule has 8 nitrogen and oxygen atoms in total. The van der Waals surface area contributed by atoms with Gasteiger partial charge in [-0.1, -0.05) is 12.8 Å². The maximum atomic E-state index is 13.1. The molecule has 0 spiro atoms. The van der Waals surface area contributed by atoms with Crippen molar-refractivity contribution in [2.24, 2.45) is 18.9 Å². The fraction of sp³-hybridized carbons (Fsp3) is 0.474. The molecule has 0 atom stereocenters. The van der Waals surface area contributed by atoms with E-state index in [9.17, 15) is 13.6 Å². The molecule has 0 unspecified atom stereocenters. The lowest BCUT2D eigenvalue weighted by Gasteiger charge is -2.40. The lowest BCUT2D eigenvalue weighted by atomic mass is 9.94. The van der Waals surface area contributed by atoms with E-state index in [2.05, 4.69) is 25.4 Å². The fourth-order valence-corrected chi connectivity index (χ4v) is 3.88. The number of hydrogen-bond acceptors (Lipinski definition) is 5. The van der Waals surface area contributed by atoms with Gasteiger partial charge in [-0.2, -0.15) is 10.2 Å². The molecule has 0 aromatic carbocycles. The minimum Gasteiger partial charge on any atom is -0.356 e. The highest BCUT2D eigenvalue weighted by Gasteiger charge is 2.33. The van der Waals surface area contributed by atoms with Crippen molar-refractivity contribution in [1.29, 1.82) is 0 Å². The van der Waals surface area contributed by atoms with Gasteiger partial charge in [-0.25, -0.2) is 18.3 Å². The molecule has 10 heteroatoms. The highest BCUT2D eigenvalue weighted by Crippen LogP contribution is 2.38. The van der Waals surface area contributed by atoms with Crippen molar-refractivity contribution < 1.29 is 13.6 Å². The number of halogens is 2. The second-order valence-corrected chi connectivity index (χ2v) is 7.92. The summed E-state index contributed by atoms with van der Waals surface area (Å²) < 4.78 is 29.0. The number of rotatable bonds is 6. The molecule has 29 heavy (non-hydrogen) atoms. The Labute approximate surface area is 165 Å². The first kappa shape index (κ1) is 18.0. The molecule has 4 heterocycles. The van der Waals surface area contributed by atoms with Crippen molar-refractivity contribution in [3.8, 4) is 0 Å². The van der Waals surface area contributed by atoms with E-state index in [0.717, 1.165) is 24.8 Å². The van der Waals surface area contributed by atoms with Gasteiger partial charge >= 0.3 is 0 Å². The van der Waals surface area contributed by atoms with E-state index in [1.165, 1.54) is 47.9 Å². The number of nitrogens with one attached hydrogen (secondary N) is 1. The molecule has 1 N–H and O–H groups in total. The number of anilines is 2. The van der Waals surface area contributed by atoms with Crippen LogP contribution in [-0.4, -0.2) is 43.4 Å². The van der Waals surface area contributed by atoms with Crippen LogP contribution in [0.3, 0.4) is 0 Å². The van der Waals surface area contributed by atoms with E-state index < -0.39 is 18.0 Å². The average molecular weight is 401 g/mol. The van der Waals surface area contributed by atoms with Crippen molar-refractivity contribution in [3.63, 3.8) is 0 Å². The van der Waals surface area contributed by atoms with Gasteiger partial charge in [0.25, 0.3) is 12.3 Å². The second kappa shape index (κ2) is 6.78. The minimum absolute atomic E-state index is 0.0198. The Kier molecular flexibility index (Phi) is 4.21. The monoisotopic (exact) mass is 401 g/mol. The van der Waals surface area contributed by atoms with Gasteiger partial charge in [0.2, 0.25) is 0 Å². The zero-order valence-corrected chi connectivity index (χ0v) is 15.9. The molecule has 2 aliphatic rings. The molecule has 1 aliphatic carbocycles. The summed E-state index contributed by atoms with van der Waals surface area (Å²) in [6.07, 6.45) is 5.73. The van der Waals surface area contributed by atoms with Gasteiger partial charge in [0.15, 0.2) is 11.3 Å². The predicted octanol–water partition coefficient (Wildman–Crippen LogP) is 2.89. The SMILES string of the molecule is Cn1cc(NC(=O)c2cnn3ccc(N4CC(CC5CC5)C4)nc23)c(C(F)F)n1. The Morgan fingerprint density at radius 1 is 1.31 bits per heavy atom.